The van der Waals surface area contributed by atoms with Gasteiger partial charge in [-0.1, -0.05) is 13.3 Å². The quantitative estimate of drug-likeness (QED) is 0.739. The monoisotopic (exact) mass is 193 g/mol. The van der Waals surface area contributed by atoms with E-state index in [1.165, 1.54) is 13.2 Å². The van der Waals surface area contributed by atoms with Crippen molar-refractivity contribution in [2.24, 2.45) is 0 Å². The van der Waals surface area contributed by atoms with Crippen molar-refractivity contribution in [3.05, 3.63) is 29.1 Å². The van der Waals surface area contributed by atoms with Crippen LogP contribution in [-0.2, 0) is 6.42 Å². The van der Waals surface area contributed by atoms with E-state index >= 15 is 0 Å². The van der Waals surface area contributed by atoms with Crippen LogP contribution in [0, 0.1) is 17.1 Å². The van der Waals surface area contributed by atoms with Gasteiger partial charge in [0.2, 0.25) is 0 Å². The molecule has 1 aromatic rings. The third-order valence-corrected chi connectivity index (χ3v) is 2.05. The van der Waals surface area contributed by atoms with Gasteiger partial charge in [0.1, 0.15) is 0 Å². The van der Waals surface area contributed by atoms with E-state index in [1.54, 1.807) is 6.07 Å². The maximum absolute atomic E-state index is 13.6. The first-order chi connectivity index (χ1) is 6.74. The molecule has 0 fully saturated rings. The zero-order valence-corrected chi connectivity index (χ0v) is 8.30. The number of methoxy groups -OCH3 is 1. The van der Waals surface area contributed by atoms with Crippen LogP contribution in [0.25, 0.3) is 0 Å². The van der Waals surface area contributed by atoms with Crippen molar-refractivity contribution in [1.29, 1.82) is 5.26 Å². The Kier molecular flexibility index (Phi) is 3.47. The number of nitriles is 1. The lowest BCUT2D eigenvalue weighted by molar-refractivity contribution is 0.384. The summed E-state index contributed by atoms with van der Waals surface area (Å²) in [5.41, 5.74) is 0.847. The molecular weight excluding hydrogens is 181 g/mol. The lowest BCUT2D eigenvalue weighted by atomic mass is 10.0. The summed E-state index contributed by atoms with van der Waals surface area (Å²) in [7, 11) is 1.42. The van der Waals surface area contributed by atoms with E-state index in [2.05, 4.69) is 0 Å². The minimum absolute atomic E-state index is 0.201. The average Bonchev–Trinajstić information content (AvgIpc) is 2.21. The van der Waals surface area contributed by atoms with Crippen LogP contribution < -0.4 is 4.74 Å². The number of hydrogen-bond acceptors (Lipinski definition) is 2. The molecule has 0 heterocycles. The highest BCUT2D eigenvalue weighted by Gasteiger charge is 2.12. The summed E-state index contributed by atoms with van der Waals surface area (Å²) in [6, 6.07) is 5.05. The van der Waals surface area contributed by atoms with Gasteiger partial charge >= 0.3 is 0 Å². The molecule has 0 bridgehead atoms. The number of ether oxygens (including phenoxy) is 1. The fraction of sp³-hybridized carbons (Fsp3) is 0.364. The van der Waals surface area contributed by atoms with E-state index in [0.717, 1.165) is 6.42 Å². The van der Waals surface area contributed by atoms with E-state index < -0.39 is 5.82 Å². The summed E-state index contributed by atoms with van der Waals surface area (Å²) in [6.45, 7) is 1.94. The Morgan fingerprint density at radius 2 is 2.21 bits per heavy atom. The van der Waals surface area contributed by atoms with E-state index in [0.29, 0.717) is 17.5 Å². The van der Waals surface area contributed by atoms with Crippen LogP contribution >= 0.6 is 0 Å². The Morgan fingerprint density at radius 1 is 1.50 bits per heavy atom. The van der Waals surface area contributed by atoms with Crippen LogP contribution in [-0.4, -0.2) is 7.11 Å². The smallest absolute Gasteiger partial charge is 0.169 e. The first-order valence-electron chi connectivity index (χ1n) is 4.50. The maximum Gasteiger partial charge on any atom is 0.169 e. The van der Waals surface area contributed by atoms with Crippen LogP contribution in [0.15, 0.2) is 12.1 Å². The molecule has 0 saturated carbocycles. The summed E-state index contributed by atoms with van der Waals surface area (Å²) >= 11 is 0. The first kappa shape index (κ1) is 10.5. The number of hydrogen-bond donors (Lipinski definition) is 0. The molecule has 0 aromatic heterocycles. The van der Waals surface area contributed by atoms with Crippen molar-refractivity contribution >= 4 is 0 Å². The van der Waals surface area contributed by atoms with Crippen molar-refractivity contribution in [3.8, 4) is 11.8 Å². The molecule has 0 N–H and O–H groups in total. The zero-order chi connectivity index (χ0) is 10.6. The molecular formula is C11H12FNO. The molecule has 0 aliphatic rings. The SMILES string of the molecule is CCCc1c(C#N)ccc(OC)c1F. The molecule has 0 aliphatic carbocycles. The van der Waals surface area contributed by atoms with Gasteiger partial charge in [-0.25, -0.2) is 4.39 Å². The molecule has 0 amide bonds. The summed E-state index contributed by atoms with van der Waals surface area (Å²) in [5, 5.41) is 8.78. The molecule has 0 spiro atoms. The predicted octanol–water partition coefficient (Wildman–Crippen LogP) is 2.66. The zero-order valence-electron chi connectivity index (χ0n) is 8.30. The van der Waals surface area contributed by atoms with E-state index in [4.69, 9.17) is 10.00 Å². The lowest BCUT2D eigenvalue weighted by Crippen LogP contribution is -1.98. The molecule has 74 valence electrons. The van der Waals surface area contributed by atoms with Gasteiger partial charge in [-0.05, 0) is 18.6 Å². The van der Waals surface area contributed by atoms with Gasteiger partial charge in [-0.15, -0.1) is 0 Å². The normalized spacial score (nSPS) is 9.57. The van der Waals surface area contributed by atoms with Crippen molar-refractivity contribution in [3.63, 3.8) is 0 Å². The van der Waals surface area contributed by atoms with E-state index in [-0.39, 0.29) is 5.75 Å². The average molecular weight is 193 g/mol. The second kappa shape index (κ2) is 4.61. The summed E-state index contributed by atoms with van der Waals surface area (Å²) < 4.78 is 18.5. The fourth-order valence-corrected chi connectivity index (χ4v) is 1.36. The molecule has 2 nitrogen and oxygen atoms in total. The minimum atomic E-state index is -0.409. The van der Waals surface area contributed by atoms with Crippen LogP contribution in [0.5, 0.6) is 5.75 Å². The first-order valence-corrected chi connectivity index (χ1v) is 4.50. The van der Waals surface area contributed by atoms with Gasteiger partial charge in [-0.3, -0.25) is 0 Å². The van der Waals surface area contributed by atoms with Gasteiger partial charge in [0.15, 0.2) is 11.6 Å². The molecule has 14 heavy (non-hydrogen) atoms. The van der Waals surface area contributed by atoms with Gasteiger partial charge in [-0.2, -0.15) is 5.26 Å². The van der Waals surface area contributed by atoms with E-state index in [1.807, 2.05) is 13.0 Å². The Labute approximate surface area is 82.9 Å². The highest BCUT2D eigenvalue weighted by atomic mass is 19.1. The molecule has 1 rings (SSSR count). The molecule has 1 aromatic carbocycles. The summed E-state index contributed by atoms with van der Waals surface area (Å²) in [5.74, 6) is -0.208. The number of nitrogens with zero attached hydrogens (tertiary/aromatic N) is 1. The number of rotatable bonds is 3. The highest BCUT2D eigenvalue weighted by molar-refractivity contribution is 5.44. The third kappa shape index (κ3) is 1.85. The van der Waals surface area contributed by atoms with E-state index in [9.17, 15) is 4.39 Å². The lowest BCUT2D eigenvalue weighted by Gasteiger charge is -2.07. The van der Waals surface area contributed by atoms with Crippen molar-refractivity contribution < 1.29 is 9.13 Å². The van der Waals surface area contributed by atoms with Crippen LogP contribution in [0.2, 0.25) is 0 Å². The fourth-order valence-electron chi connectivity index (χ4n) is 1.36. The Balaban J connectivity index is 3.25. The van der Waals surface area contributed by atoms with Crippen LogP contribution in [0.4, 0.5) is 4.39 Å². The number of benzene rings is 1. The van der Waals surface area contributed by atoms with Crippen molar-refractivity contribution in [1.82, 2.24) is 0 Å². The highest BCUT2D eigenvalue weighted by Crippen LogP contribution is 2.24. The predicted molar refractivity (Wildman–Crippen MR) is 51.7 cm³/mol. The molecule has 0 unspecified atom stereocenters. The largest absolute Gasteiger partial charge is 0.494 e. The van der Waals surface area contributed by atoms with Gasteiger partial charge in [0, 0.05) is 5.56 Å². The third-order valence-electron chi connectivity index (χ3n) is 2.05. The van der Waals surface area contributed by atoms with Crippen LogP contribution in [0.1, 0.15) is 24.5 Å². The van der Waals surface area contributed by atoms with Gasteiger partial charge < -0.3 is 4.74 Å². The standard InChI is InChI=1S/C11H12FNO/c1-3-4-9-8(7-13)5-6-10(14-2)11(9)12/h5-6H,3-4H2,1-2H3. The summed E-state index contributed by atoms with van der Waals surface area (Å²) in [6.07, 6.45) is 1.37. The minimum Gasteiger partial charge on any atom is -0.494 e. The molecule has 0 aliphatic heterocycles. The van der Waals surface area contributed by atoms with Gasteiger partial charge in [0.05, 0.1) is 18.7 Å². The number of halogens is 1. The second-order valence-corrected chi connectivity index (χ2v) is 2.97. The van der Waals surface area contributed by atoms with Crippen LogP contribution in [0.3, 0.4) is 0 Å². The van der Waals surface area contributed by atoms with Crippen molar-refractivity contribution in [2.75, 3.05) is 7.11 Å². The Hall–Kier alpha value is -1.56. The molecule has 0 radical (unpaired) electrons. The second-order valence-electron chi connectivity index (χ2n) is 2.97. The topological polar surface area (TPSA) is 33.0 Å². The molecule has 0 atom stereocenters. The molecule has 3 heteroatoms. The van der Waals surface area contributed by atoms with Gasteiger partial charge in [0.25, 0.3) is 0 Å². The van der Waals surface area contributed by atoms with Crippen molar-refractivity contribution in [2.45, 2.75) is 19.8 Å². The Bertz CT molecular complexity index is 368. The molecule has 0 saturated heterocycles. The Morgan fingerprint density at radius 3 is 2.71 bits per heavy atom. The summed E-state index contributed by atoms with van der Waals surface area (Å²) in [4.78, 5) is 0. The maximum atomic E-state index is 13.6.